The lowest BCUT2D eigenvalue weighted by atomic mass is 10.0. The van der Waals surface area contributed by atoms with Crippen molar-refractivity contribution in [3.8, 4) is 0 Å². The molecule has 0 radical (unpaired) electrons. The molecule has 1 N–H and O–H groups in total. The highest BCUT2D eigenvalue weighted by atomic mass is 35.5. The average molecular weight is 160 g/mol. The molecule has 0 bridgehead atoms. The summed E-state index contributed by atoms with van der Waals surface area (Å²) in [7, 11) is 0. The van der Waals surface area contributed by atoms with E-state index in [2.05, 4.69) is 5.32 Å². The lowest BCUT2D eigenvalue weighted by molar-refractivity contribution is 0.494. The molecular weight excluding hydrogens is 146 g/mol. The maximum Gasteiger partial charge on any atom is 0.00141 e. The monoisotopic (exact) mass is 159 g/mol. The van der Waals surface area contributed by atoms with Crippen molar-refractivity contribution in [1.29, 1.82) is 0 Å². The van der Waals surface area contributed by atoms with E-state index in [-0.39, 0.29) is 12.4 Å². The summed E-state index contributed by atoms with van der Waals surface area (Å²) in [6, 6.07) is 0. The van der Waals surface area contributed by atoms with Crippen LogP contribution in [0.3, 0.4) is 0 Å². The van der Waals surface area contributed by atoms with Crippen LogP contribution in [-0.2, 0) is 0 Å². The third kappa shape index (κ3) is 0.507. The Labute approximate surface area is 68.0 Å². The maximum atomic E-state index is 3.51. The molecule has 3 aliphatic rings. The van der Waals surface area contributed by atoms with Crippen molar-refractivity contribution in [2.45, 2.75) is 25.7 Å². The van der Waals surface area contributed by atoms with Crippen LogP contribution in [0.4, 0.5) is 0 Å². The molecule has 1 aliphatic heterocycles. The van der Waals surface area contributed by atoms with Crippen LogP contribution in [-0.4, -0.2) is 13.1 Å². The summed E-state index contributed by atoms with van der Waals surface area (Å²) in [5.41, 5.74) is 1.68. The molecule has 2 aliphatic carbocycles. The summed E-state index contributed by atoms with van der Waals surface area (Å²) in [5.74, 6) is 0. The minimum absolute atomic E-state index is 0. The zero-order chi connectivity index (χ0) is 5.95. The van der Waals surface area contributed by atoms with Crippen LogP contribution in [0.5, 0.6) is 0 Å². The predicted octanol–water partition coefficient (Wildman–Crippen LogP) is 1.57. The largest absolute Gasteiger partial charge is 0.316 e. The second-order valence-electron chi connectivity index (χ2n) is 4.19. The molecule has 2 unspecified atom stereocenters. The first kappa shape index (κ1) is 6.93. The topological polar surface area (TPSA) is 12.0 Å². The smallest absolute Gasteiger partial charge is 0.00141 e. The van der Waals surface area contributed by atoms with E-state index in [4.69, 9.17) is 0 Å². The standard InChI is InChI=1S/C8H13N.ClH/c1-2-7-4-8(7,3-1)6-9-5-7;/h9H,1-6H2;1H. The molecular formula is C8H14ClN. The molecule has 2 saturated carbocycles. The highest BCUT2D eigenvalue weighted by Crippen LogP contribution is 2.74. The number of piperidine rings is 1. The number of nitrogens with one attached hydrogen (secondary N) is 1. The van der Waals surface area contributed by atoms with Gasteiger partial charge >= 0.3 is 0 Å². The first-order valence-electron chi connectivity index (χ1n) is 4.08. The Morgan fingerprint density at radius 3 is 2.10 bits per heavy atom. The van der Waals surface area contributed by atoms with Crippen molar-refractivity contribution in [2.75, 3.05) is 13.1 Å². The Morgan fingerprint density at radius 2 is 1.60 bits per heavy atom. The summed E-state index contributed by atoms with van der Waals surface area (Å²) in [6.45, 7) is 2.68. The van der Waals surface area contributed by atoms with Gasteiger partial charge in [-0.3, -0.25) is 0 Å². The highest BCUT2D eigenvalue weighted by molar-refractivity contribution is 5.85. The molecule has 1 saturated heterocycles. The Bertz CT molecular complexity index is 130. The molecule has 0 aromatic heterocycles. The fraction of sp³-hybridized carbons (Fsp3) is 1.00. The zero-order valence-corrected chi connectivity index (χ0v) is 6.97. The summed E-state index contributed by atoms with van der Waals surface area (Å²) < 4.78 is 0. The van der Waals surface area contributed by atoms with E-state index in [0.29, 0.717) is 0 Å². The van der Waals surface area contributed by atoms with Gasteiger partial charge in [-0.1, -0.05) is 6.42 Å². The van der Waals surface area contributed by atoms with Gasteiger partial charge in [-0.05, 0) is 30.1 Å². The lowest BCUT2D eigenvalue weighted by Crippen LogP contribution is -2.18. The van der Waals surface area contributed by atoms with Crippen LogP contribution in [0, 0.1) is 10.8 Å². The third-order valence-electron chi connectivity index (χ3n) is 3.91. The van der Waals surface area contributed by atoms with Crippen LogP contribution in [0.2, 0.25) is 0 Å². The Kier molecular flexibility index (Phi) is 1.18. The summed E-state index contributed by atoms with van der Waals surface area (Å²) in [6.07, 6.45) is 6.13. The van der Waals surface area contributed by atoms with Crippen molar-refractivity contribution in [3.63, 3.8) is 0 Å². The molecule has 0 spiro atoms. The molecule has 10 heavy (non-hydrogen) atoms. The van der Waals surface area contributed by atoms with Crippen molar-refractivity contribution < 1.29 is 0 Å². The Hall–Kier alpha value is 0.250. The van der Waals surface area contributed by atoms with E-state index in [9.17, 15) is 0 Å². The first-order chi connectivity index (χ1) is 4.37. The van der Waals surface area contributed by atoms with Crippen LogP contribution in [0.25, 0.3) is 0 Å². The molecule has 0 aromatic carbocycles. The zero-order valence-electron chi connectivity index (χ0n) is 6.15. The van der Waals surface area contributed by atoms with Gasteiger partial charge in [-0.2, -0.15) is 0 Å². The van der Waals surface area contributed by atoms with Gasteiger partial charge in [0.2, 0.25) is 0 Å². The molecule has 1 nitrogen and oxygen atoms in total. The molecule has 0 aromatic rings. The van der Waals surface area contributed by atoms with Crippen LogP contribution >= 0.6 is 12.4 Å². The van der Waals surface area contributed by atoms with Crippen molar-refractivity contribution >= 4 is 12.4 Å². The van der Waals surface area contributed by atoms with Crippen molar-refractivity contribution in [1.82, 2.24) is 5.32 Å². The predicted molar refractivity (Wildman–Crippen MR) is 43.5 cm³/mol. The number of hydrogen-bond acceptors (Lipinski definition) is 1. The van der Waals surface area contributed by atoms with E-state index in [0.717, 1.165) is 10.8 Å². The summed E-state index contributed by atoms with van der Waals surface area (Å²) in [5, 5.41) is 3.51. The maximum absolute atomic E-state index is 3.51. The summed E-state index contributed by atoms with van der Waals surface area (Å²) >= 11 is 0. The van der Waals surface area contributed by atoms with Gasteiger partial charge in [0.25, 0.3) is 0 Å². The fourth-order valence-corrected chi connectivity index (χ4v) is 3.29. The quantitative estimate of drug-likeness (QED) is 0.566. The van der Waals surface area contributed by atoms with Crippen LogP contribution in [0.1, 0.15) is 25.7 Å². The molecule has 1 heterocycles. The Morgan fingerprint density at radius 1 is 1.00 bits per heavy atom. The molecule has 2 atom stereocenters. The van der Waals surface area contributed by atoms with Crippen molar-refractivity contribution in [2.24, 2.45) is 10.8 Å². The van der Waals surface area contributed by atoms with Gasteiger partial charge in [0.05, 0.1) is 0 Å². The SMILES string of the molecule is C1CC23CNCC2(C1)C3.Cl. The Balaban J connectivity index is 0.000000403. The van der Waals surface area contributed by atoms with Gasteiger partial charge < -0.3 is 5.32 Å². The molecule has 3 fully saturated rings. The molecule has 0 amide bonds. The third-order valence-corrected chi connectivity index (χ3v) is 3.91. The molecule has 58 valence electrons. The molecule has 3 rings (SSSR count). The lowest BCUT2D eigenvalue weighted by Gasteiger charge is -2.06. The van der Waals surface area contributed by atoms with Gasteiger partial charge in [-0.25, -0.2) is 0 Å². The number of halogens is 1. The fourth-order valence-electron chi connectivity index (χ4n) is 3.29. The normalized spacial score (nSPS) is 55.2. The van der Waals surface area contributed by atoms with E-state index in [1.165, 1.54) is 32.4 Å². The van der Waals surface area contributed by atoms with Gasteiger partial charge in [-0.15, -0.1) is 12.4 Å². The van der Waals surface area contributed by atoms with E-state index in [1.54, 1.807) is 6.42 Å². The number of rotatable bonds is 0. The average Bonchev–Trinajstić information content (AvgIpc) is 2.11. The van der Waals surface area contributed by atoms with E-state index < -0.39 is 0 Å². The second kappa shape index (κ2) is 1.70. The van der Waals surface area contributed by atoms with E-state index >= 15 is 0 Å². The van der Waals surface area contributed by atoms with Gasteiger partial charge in [0, 0.05) is 13.1 Å². The van der Waals surface area contributed by atoms with Gasteiger partial charge in [0.1, 0.15) is 0 Å². The first-order valence-corrected chi connectivity index (χ1v) is 4.08. The molecule has 2 heteroatoms. The summed E-state index contributed by atoms with van der Waals surface area (Å²) in [4.78, 5) is 0. The van der Waals surface area contributed by atoms with Gasteiger partial charge in [0.15, 0.2) is 0 Å². The highest BCUT2D eigenvalue weighted by Gasteiger charge is 2.71. The van der Waals surface area contributed by atoms with Crippen LogP contribution in [0.15, 0.2) is 0 Å². The van der Waals surface area contributed by atoms with E-state index in [1.807, 2.05) is 0 Å². The minimum atomic E-state index is 0. The second-order valence-corrected chi connectivity index (χ2v) is 4.19. The number of hydrogen-bond donors (Lipinski definition) is 1. The minimum Gasteiger partial charge on any atom is -0.316 e. The van der Waals surface area contributed by atoms with Crippen LogP contribution < -0.4 is 5.32 Å². The van der Waals surface area contributed by atoms with Crippen molar-refractivity contribution in [3.05, 3.63) is 0 Å².